The maximum Gasteiger partial charge on any atom is 0.237 e. The van der Waals surface area contributed by atoms with E-state index in [4.69, 9.17) is 5.26 Å². The first kappa shape index (κ1) is 12.9. The molecular formula is C7H13N3O3S. The van der Waals surface area contributed by atoms with E-state index in [1.54, 1.807) is 6.07 Å². The van der Waals surface area contributed by atoms with Gasteiger partial charge in [0.2, 0.25) is 15.9 Å². The fourth-order valence-electron chi connectivity index (χ4n) is 0.688. The molecule has 0 aliphatic heterocycles. The zero-order valence-corrected chi connectivity index (χ0v) is 9.05. The minimum atomic E-state index is -3.74. The highest BCUT2D eigenvalue weighted by atomic mass is 32.2. The number of nitrogens with one attached hydrogen (secondary N) is 2. The molecule has 2 atom stereocenters. The van der Waals surface area contributed by atoms with Gasteiger partial charge in [0.15, 0.2) is 5.25 Å². The molecule has 0 fully saturated rings. The first-order valence-electron chi connectivity index (χ1n) is 3.97. The molecule has 7 heteroatoms. The van der Waals surface area contributed by atoms with Crippen molar-refractivity contribution < 1.29 is 13.2 Å². The quantitative estimate of drug-likeness (QED) is 0.630. The third-order valence-corrected chi connectivity index (χ3v) is 3.35. The minimum Gasteiger partial charge on any atom is -0.358 e. The lowest BCUT2D eigenvalue weighted by atomic mass is 10.3. The number of likely N-dealkylation sites (N-methyl/N-ethyl adjacent to an activating group) is 1. The second-order valence-electron chi connectivity index (χ2n) is 2.77. The molecule has 6 nitrogen and oxygen atoms in total. The zero-order valence-electron chi connectivity index (χ0n) is 8.23. The molecule has 80 valence electrons. The number of rotatable bonds is 4. The zero-order chi connectivity index (χ0) is 11.4. The van der Waals surface area contributed by atoms with Gasteiger partial charge in [-0.25, -0.2) is 13.1 Å². The van der Waals surface area contributed by atoms with E-state index in [0.29, 0.717) is 0 Å². The van der Waals surface area contributed by atoms with E-state index < -0.39 is 27.2 Å². The standard InChI is InChI=1S/C7H13N3O3S/c1-5(4-8)14(12,13)10-6(2)7(11)9-3/h5-6,10H,1-3H3,(H,9,11). The number of hydrogen-bond acceptors (Lipinski definition) is 4. The summed E-state index contributed by atoms with van der Waals surface area (Å²) in [7, 11) is -2.33. The summed E-state index contributed by atoms with van der Waals surface area (Å²) in [5.41, 5.74) is 0. The molecule has 0 bridgehead atoms. The number of nitriles is 1. The van der Waals surface area contributed by atoms with Crippen LogP contribution in [-0.4, -0.2) is 32.7 Å². The summed E-state index contributed by atoms with van der Waals surface area (Å²) in [6.07, 6.45) is 0. The molecule has 0 aromatic rings. The molecule has 14 heavy (non-hydrogen) atoms. The fourth-order valence-corrected chi connectivity index (χ4v) is 1.63. The van der Waals surface area contributed by atoms with Crippen LogP contribution in [0, 0.1) is 11.3 Å². The average Bonchev–Trinajstić information content (AvgIpc) is 2.14. The SMILES string of the molecule is CNC(=O)C(C)NS(=O)(=O)C(C)C#N. The van der Waals surface area contributed by atoms with Crippen molar-refractivity contribution >= 4 is 15.9 Å². The van der Waals surface area contributed by atoms with Gasteiger partial charge in [-0.15, -0.1) is 0 Å². The van der Waals surface area contributed by atoms with Crippen molar-refractivity contribution in [2.45, 2.75) is 25.1 Å². The third kappa shape index (κ3) is 3.32. The van der Waals surface area contributed by atoms with Crippen molar-refractivity contribution in [3.05, 3.63) is 0 Å². The van der Waals surface area contributed by atoms with Crippen LogP contribution in [0.4, 0.5) is 0 Å². The van der Waals surface area contributed by atoms with Crippen LogP contribution in [0.25, 0.3) is 0 Å². The molecule has 1 amide bonds. The molecule has 0 rings (SSSR count). The molecular weight excluding hydrogens is 206 g/mol. The van der Waals surface area contributed by atoms with Crippen molar-refractivity contribution in [3.63, 3.8) is 0 Å². The topological polar surface area (TPSA) is 99.1 Å². The van der Waals surface area contributed by atoms with E-state index in [1.807, 2.05) is 0 Å². The Morgan fingerprint density at radius 2 is 1.93 bits per heavy atom. The number of carbonyl (C=O) groups excluding carboxylic acids is 1. The van der Waals surface area contributed by atoms with Crippen LogP contribution in [0.2, 0.25) is 0 Å². The van der Waals surface area contributed by atoms with Crippen molar-refractivity contribution in [3.8, 4) is 6.07 Å². The summed E-state index contributed by atoms with van der Waals surface area (Å²) < 4.78 is 24.7. The van der Waals surface area contributed by atoms with E-state index in [-0.39, 0.29) is 0 Å². The van der Waals surface area contributed by atoms with Gasteiger partial charge >= 0.3 is 0 Å². The first-order chi connectivity index (χ1) is 6.35. The van der Waals surface area contributed by atoms with Crippen molar-refractivity contribution in [2.75, 3.05) is 7.05 Å². The van der Waals surface area contributed by atoms with E-state index in [9.17, 15) is 13.2 Å². The summed E-state index contributed by atoms with van der Waals surface area (Å²) in [5.74, 6) is -0.446. The molecule has 0 aliphatic carbocycles. The van der Waals surface area contributed by atoms with Gasteiger partial charge in [0.25, 0.3) is 0 Å². The van der Waals surface area contributed by atoms with Gasteiger partial charge in [-0.05, 0) is 13.8 Å². The summed E-state index contributed by atoms with van der Waals surface area (Å²) >= 11 is 0. The highest BCUT2D eigenvalue weighted by Gasteiger charge is 2.24. The first-order valence-corrected chi connectivity index (χ1v) is 5.52. The molecule has 0 spiro atoms. The number of carbonyl (C=O) groups is 1. The summed E-state index contributed by atoms with van der Waals surface area (Å²) in [6.45, 7) is 2.65. The second kappa shape index (κ2) is 4.93. The Morgan fingerprint density at radius 1 is 1.43 bits per heavy atom. The van der Waals surface area contributed by atoms with Crippen molar-refractivity contribution in [1.29, 1.82) is 5.26 Å². The van der Waals surface area contributed by atoms with Gasteiger partial charge in [-0.1, -0.05) is 0 Å². The van der Waals surface area contributed by atoms with E-state index in [2.05, 4.69) is 10.0 Å². The maximum atomic E-state index is 11.3. The molecule has 0 saturated heterocycles. The van der Waals surface area contributed by atoms with Crippen molar-refractivity contribution in [2.24, 2.45) is 0 Å². The van der Waals surface area contributed by atoms with Crippen LogP contribution in [-0.2, 0) is 14.8 Å². The number of amides is 1. The van der Waals surface area contributed by atoms with E-state index >= 15 is 0 Å². The summed E-state index contributed by atoms with van der Waals surface area (Å²) in [4.78, 5) is 11.0. The minimum absolute atomic E-state index is 0.446. The number of nitrogens with zero attached hydrogens (tertiary/aromatic N) is 1. The molecule has 0 aliphatic rings. The smallest absolute Gasteiger partial charge is 0.237 e. The number of hydrogen-bond donors (Lipinski definition) is 2. The lowest BCUT2D eigenvalue weighted by molar-refractivity contribution is -0.121. The molecule has 0 heterocycles. The Bertz CT molecular complexity index is 344. The number of sulfonamides is 1. The Hall–Kier alpha value is -1.13. The van der Waals surface area contributed by atoms with E-state index in [1.165, 1.54) is 20.9 Å². The van der Waals surface area contributed by atoms with Gasteiger partial charge in [0.1, 0.15) is 0 Å². The van der Waals surface area contributed by atoms with Gasteiger partial charge in [0.05, 0.1) is 12.1 Å². The lowest BCUT2D eigenvalue weighted by Crippen LogP contribution is -2.46. The lowest BCUT2D eigenvalue weighted by Gasteiger charge is -2.13. The molecule has 0 radical (unpaired) electrons. The molecule has 0 aromatic carbocycles. The van der Waals surface area contributed by atoms with Crippen molar-refractivity contribution in [1.82, 2.24) is 10.0 Å². The Balaban J connectivity index is 4.55. The van der Waals surface area contributed by atoms with Crippen LogP contribution in [0.15, 0.2) is 0 Å². The Kier molecular flexibility index (Phi) is 4.53. The molecule has 0 saturated carbocycles. The monoisotopic (exact) mass is 219 g/mol. The van der Waals surface area contributed by atoms with Crippen LogP contribution in [0.5, 0.6) is 0 Å². The van der Waals surface area contributed by atoms with Crippen LogP contribution < -0.4 is 10.0 Å². The van der Waals surface area contributed by atoms with Gasteiger partial charge in [-0.3, -0.25) is 4.79 Å². The predicted molar refractivity (Wildman–Crippen MR) is 50.7 cm³/mol. The largest absolute Gasteiger partial charge is 0.358 e. The molecule has 2 unspecified atom stereocenters. The fraction of sp³-hybridized carbons (Fsp3) is 0.714. The normalized spacial score (nSPS) is 15.3. The van der Waals surface area contributed by atoms with Crippen LogP contribution >= 0.6 is 0 Å². The highest BCUT2D eigenvalue weighted by molar-refractivity contribution is 7.90. The Labute approximate surface area is 83.3 Å². The molecule has 0 aromatic heterocycles. The summed E-state index contributed by atoms with van der Waals surface area (Å²) in [5, 5.41) is 9.53. The van der Waals surface area contributed by atoms with Crippen LogP contribution in [0.3, 0.4) is 0 Å². The third-order valence-electron chi connectivity index (χ3n) is 1.63. The van der Waals surface area contributed by atoms with Gasteiger partial charge in [-0.2, -0.15) is 5.26 Å². The summed E-state index contributed by atoms with van der Waals surface area (Å²) in [6, 6.07) is 0.711. The van der Waals surface area contributed by atoms with Gasteiger partial charge in [0, 0.05) is 7.05 Å². The maximum absolute atomic E-state index is 11.3. The second-order valence-corrected chi connectivity index (χ2v) is 4.80. The highest BCUT2D eigenvalue weighted by Crippen LogP contribution is 1.98. The predicted octanol–water partition coefficient (Wildman–Crippen LogP) is -1.05. The van der Waals surface area contributed by atoms with Gasteiger partial charge < -0.3 is 5.32 Å². The van der Waals surface area contributed by atoms with Crippen LogP contribution in [0.1, 0.15) is 13.8 Å². The average molecular weight is 219 g/mol. The Morgan fingerprint density at radius 3 is 2.29 bits per heavy atom. The molecule has 2 N–H and O–H groups in total. The van der Waals surface area contributed by atoms with E-state index in [0.717, 1.165) is 0 Å².